The first-order chi connectivity index (χ1) is 17.1. The van der Waals surface area contributed by atoms with Gasteiger partial charge in [-0.25, -0.2) is 13.8 Å². The number of aryl methyl sites for hydroxylation is 1. The second-order valence-corrected chi connectivity index (χ2v) is 9.83. The lowest BCUT2D eigenvalue weighted by molar-refractivity contribution is -0.0255. The van der Waals surface area contributed by atoms with E-state index >= 15 is 0 Å². The first-order valence-electron chi connectivity index (χ1n) is 11.8. The molecule has 4 aromatic rings. The van der Waals surface area contributed by atoms with E-state index in [1.165, 1.54) is 6.07 Å². The van der Waals surface area contributed by atoms with Gasteiger partial charge >= 0.3 is 0 Å². The second kappa shape index (κ2) is 8.81. The maximum atomic E-state index is 14.0. The molecule has 1 N–H and O–H groups in total. The number of hydrogen-bond acceptors (Lipinski definition) is 6. The van der Waals surface area contributed by atoms with Gasteiger partial charge in [0, 0.05) is 19.0 Å². The third-order valence-electron chi connectivity index (χ3n) is 7.17. The maximum Gasteiger partial charge on any atom is 0.191 e. The molecule has 1 aliphatic rings. The summed E-state index contributed by atoms with van der Waals surface area (Å²) in [6.07, 6.45) is 3.33. The number of nitrogens with zero attached hydrogens (tertiary/aromatic N) is 4. The normalized spacial score (nSPS) is 17.8. The SMILES string of the molecule is COc1cc(-c2nnc3n2CCCC3(Cc2ccc(F)c(F)c2)C(C)(C)O)ccc1-c1cnc(C)o1. The van der Waals surface area contributed by atoms with Crippen LogP contribution in [0.4, 0.5) is 8.78 Å². The molecule has 0 bridgehead atoms. The first-order valence-corrected chi connectivity index (χ1v) is 11.8. The molecule has 0 saturated heterocycles. The Balaban J connectivity index is 1.59. The van der Waals surface area contributed by atoms with Gasteiger partial charge in [0.2, 0.25) is 0 Å². The third kappa shape index (κ3) is 3.97. The van der Waals surface area contributed by atoms with Crippen LogP contribution in [0.1, 0.15) is 44.0 Å². The molecule has 0 spiro atoms. The summed E-state index contributed by atoms with van der Waals surface area (Å²) in [7, 11) is 1.59. The number of rotatable bonds is 6. The highest BCUT2D eigenvalue weighted by Crippen LogP contribution is 2.46. The summed E-state index contributed by atoms with van der Waals surface area (Å²) in [4.78, 5) is 4.17. The molecule has 0 saturated carbocycles. The average molecular weight is 495 g/mol. The predicted octanol–water partition coefficient (Wildman–Crippen LogP) is 5.24. The van der Waals surface area contributed by atoms with Crippen LogP contribution >= 0.6 is 0 Å². The number of aliphatic hydroxyl groups is 1. The molecule has 0 fully saturated rings. The van der Waals surface area contributed by atoms with Crippen LogP contribution in [0.15, 0.2) is 47.0 Å². The fourth-order valence-corrected chi connectivity index (χ4v) is 5.21. The van der Waals surface area contributed by atoms with Crippen molar-refractivity contribution in [3.05, 3.63) is 71.5 Å². The van der Waals surface area contributed by atoms with E-state index in [-0.39, 0.29) is 0 Å². The van der Waals surface area contributed by atoms with Gasteiger partial charge in [-0.2, -0.15) is 0 Å². The fourth-order valence-electron chi connectivity index (χ4n) is 5.21. The molecule has 188 valence electrons. The van der Waals surface area contributed by atoms with Crippen LogP contribution in [0.5, 0.6) is 5.75 Å². The summed E-state index contributed by atoms with van der Waals surface area (Å²) in [6.45, 7) is 5.91. The lowest BCUT2D eigenvalue weighted by Crippen LogP contribution is -2.52. The molecule has 0 amide bonds. The minimum Gasteiger partial charge on any atom is -0.496 e. The number of aromatic nitrogens is 4. The Hall–Kier alpha value is -3.59. The molecule has 7 nitrogen and oxygen atoms in total. The van der Waals surface area contributed by atoms with Gasteiger partial charge in [0.15, 0.2) is 29.1 Å². The summed E-state index contributed by atoms with van der Waals surface area (Å²) in [5.74, 6) is 1.22. The Morgan fingerprint density at radius 2 is 1.94 bits per heavy atom. The highest BCUT2D eigenvalue weighted by molar-refractivity contribution is 5.71. The molecule has 1 unspecified atom stereocenters. The molecule has 9 heteroatoms. The van der Waals surface area contributed by atoms with Gasteiger partial charge in [-0.3, -0.25) is 0 Å². The predicted molar refractivity (Wildman–Crippen MR) is 130 cm³/mol. The van der Waals surface area contributed by atoms with E-state index in [1.807, 2.05) is 22.8 Å². The molecule has 2 aromatic carbocycles. The van der Waals surface area contributed by atoms with E-state index in [1.54, 1.807) is 40.1 Å². The van der Waals surface area contributed by atoms with Crippen LogP contribution < -0.4 is 4.74 Å². The molecule has 1 atom stereocenters. The standard InChI is InChI=1S/C27H28F2N4O3/c1-16-30-15-23(36-16)19-8-7-18(13-22(19)35-4)24-31-32-25-27(26(2,3)34,10-5-11-33(24)25)14-17-6-9-20(28)21(29)12-17/h6-9,12-13,15,34H,5,10-11,14H2,1-4H3. The zero-order chi connectivity index (χ0) is 25.7. The zero-order valence-electron chi connectivity index (χ0n) is 20.7. The molecule has 5 rings (SSSR count). The third-order valence-corrected chi connectivity index (χ3v) is 7.17. The Labute approximate surface area is 207 Å². The monoisotopic (exact) mass is 494 g/mol. The van der Waals surface area contributed by atoms with Crippen LogP contribution in [0.3, 0.4) is 0 Å². The van der Waals surface area contributed by atoms with Gasteiger partial charge in [-0.1, -0.05) is 12.1 Å². The summed E-state index contributed by atoms with van der Waals surface area (Å²) >= 11 is 0. The van der Waals surface area contributed by atoms with Crippen molar-refractivity contribution in [1.29, 1.82) is 0 Å². The van der Waals surface area contributed by atoms with Crippen LogP contribution in [0.2, 0.25) is 0 Å². The van der Waals surface area contributed by atoms with Gasteiger partial charge in [-0.15, -0.1) is 10.2 Å². The average Bonchev–Trinajstić information content (AvgIpc) is 3.47. The van der Waals surface area contributed by atoms with Crippen LogP contribution in [0.25, 0.3) is 22.7 Å². The first kappa shape index (κ1) is 24.1. The summed E-state index contributed by atoms with van der Waals surface area (Å²) in [5, 5.41) is 20.4. The summed E-state index contributed by atoms with van der Waals surface area (Å²) < 4.78 is 40.9. The van der Waals surface area contributed by atoms with E-state index < -0.39 is 22.7 Å². The molecular formula is C27H28F2N4O3. The maximum absolute atomic E-state index is 14.0. The van der Waals surface area contributed by atoms with E-state index in [9.17, 15) is 13.9 Å². The molecule has 0 aliphatic carbocycles. The van der Waals surface area contributed by atoms with Crippen molar-refractivity contribution in [3.63, 3.8) is 0 Å². The van der Waals surface area contributed by atoms with Crippen molar-refractivity contribution in [1.82, 2.24) is 19.7 Å². The van der Waals surface area contributed by atoms with Crippen LogP contribution in [0, 0.1) is 18.6 Å². The van der Waals surface area contributed by atoms with Crippen molar-refractivity contribution >= 4 is 0 Å². The second-order valence-electron chi connectivity index (χ2n) is 9.83. The summed E-state index contributed by atoms with van der Waals surface area (Å²) in [5.41, 5.74) is 0.102. The molecule has 1 aliphatic heterocycles. The number of halogens is 2. The van der Waals surface area contributed by atoms with Crippen molar-refractivity contribution in [2.75, 3.05) is 7.11 Å². The molecular weight excluding hydrogens is 466 g/mol. The summed E-state index contributed by atoms with van der Waals surface area (Å²) in [6, 6.07) is 9.54. The number of hydrogen-bond donors (Lipinski definition) is 1. The molecule has 3 heterocycles. The molecule has 0 radical (unpaired) electrons. The Morgan fingerprint density at radius 3 is 2.61 bits per heavy atom. The Kier molecular flexibility index (Phi) is 5.90. The fraction of sp³-hybridized carbons (Fsp3) is 0.370. The van der Waals surface area contributed by atoms with Crippen molar-refractivity contribution in [2.24, 2.45) is 0 Å². The largest absolute Gasteiger partial charge is 0.496 e. The smallest absolute Gasteiger partial charge is 0.191 e. The number of ether oxygens (including phenoxy) is 1. The van der Waals surface area contributed by atoms with E-state index in [4.69, 9.17) is 9.15 Å². The van der Waals surface area contributed by atoms with E-state index in [0.717, 1.165) is 23.6 Å². The quantitative estimate of drug-likeness (QED) is 0.395. The number of fused-ring (bicyclic) bond motifs is 1. The van der Waals surface area contributed by atoms with Crippen LogP contribution in [-0.4, -0.2) is 37.6 Å². The van der Waals surface area contributed by atoms with Crippen molar-refractivity contribution in [3.8, 4) is 28.5 Å². The molecule has 2 aromatic heterocycles. The van der Waals surface area contributed by atoms with E-state index in [0.29, 0.717) is 54.0 Å². The number of oxazole rings is 1. The highest BCUT2D eigenvalue weighted by Gasteiger charge is 2.50. The van der Waals surface area contributed by atoms with Gasteiger partial charge in [0.25, 0.3) is 0 Å². The van der Waals surface area contributed by atoms with Crippen LogP contribution in [-0.2, 0) is 18.4 Å². The van der Waals surface area contributed by atoms with Gasteiger partial charge in [0.05, 0.1) is 29.9 Å². The molecule has 36 heavy (non-hydrogen) atoms. The van der Waals surface area contributed by atoms with E-state index in [2.05, 4.69) is 15.2 Å². The lowest BCUT2D eigenvalue weighted by atomic mass is 9.65. The topological polar surface area (TPSA) is 86.2 Å². The Bertz CT molecular complexity index is 1420. The minimum atomic E-state index is -1.20. The van der Waals surface area contributed by atoms with Gasteiger partial charge in [0.1, 0.15) is 11.6 Å². The zero-order valence-corrected chi connectivity index (χ0v) is 20.7. The van der Waals surface area contributed by atoms with Gasteiger partial charge < -0.3 is 18.8 Å². The Morgan fingerprint density at radius 1 is 1.14 bits per heavy atom. The highest BCUT2D eigenvalue weighted by atomic mass is 19.2. The number of methoxy groups -OCH3 is 1. The van der Waals surface area contributed by atoms with Crippen molar-refractivity contribution in [2.45, 2.75) is 57.6 Å². The minimum absolute atomic E-state index is 0.291. The lowest BCUT2D eigenvalue weighted by Gasteiger charge is -2.45. The van der Waals surface area contributed by atoms with Crippen molar-refractivity contribution < 1.29 is 23.0 Å². The number of benzene rings is 2. The van der Waals surface area contributed by atoms with Gasteiger partial charge in [-0.05, 0) is 62.9 Å².